The number of ether oxygens (including phenoxy) is 1. The summed E-state index contributed by atoms with van der Waals surface area (Å²) in [5, 5.41) is 3.77. The predicted octanol–water partition coefficient (Wildman–Crippen LogP) is 2.82. The standard InChI is InChI=1S/C17H16N2O4S/c1-12-17(20)18-15-11-14(7-8-16(15)23-12)19-24(21,22)10-9-13-5-3-2-4-6-13/h2-12,19H,1H3,(H,18,20)/b10-9+/t12-/m0/s1. The van der Waals surface area contributed by atoms with Crippen LogP contribution in [-0.4, -0.2) is 20.4 Å². The maximum Gasteiger partial charge on any atom is 0.265 e. The smallest absolute Gasteiger partial charge is 0.265 e. The minimum atomic E-state index is -3.67. The Morgan fingerprint density at radius 1 is 1.17 bits per heavy atom. The van der Waals surface area contributed by atoms with Crippen LogP contribution in [-0.2, 0) is 14.8 Å². The van der Waals surface area contributed by atoms with Crippen LogP contribution in [0.2, 0.25) is 0 Å². The summed E-state index contributed by atoms with van der Waals surface area (Å²) in [6.07, 6.45) is 0.932. The van der Waals surface area contributed by atoms with Gasteiger partial charge in [-0.05, 0) is 36.8 Å². The first kappa shape index (κ1) is 16.1. The predicted molar refractivity (Wildman–Crippen MR) is 93.2 cm³/mol. The summed E-state index contributed by atoms with van der Waals surface area (Å²) in [6, 6.07) is 13.8. The minimum absolute atomic E-state index is 0.272. The number of fused-ring (bicyclic) bond motifs is 1. The Morgan fingerprint density at radius 3 is 2.67 bits per heavy atom. The molecular weight excluding hydrogens is 328 g/mol. The van der Waals surface area contributed by atoms with Crippen LogP contribution < -0.4 is 14.8 Å². The molecule has 2 aromatic carbocycles. The molecule has 1 amide bonds. The highest BCUT2D eigenvalue weighted by Crippen LogP contribution is 2.32. The maximum atomic E-state index is 12.1. The van der Waals surface area contributed by atoms with Gasteiger partial charge in [0.1, 0.15) is 5.75 Å². The Balaban J connectivity index is 1.77. The van der Waals surface area contributed by atoms with Gasteiger partial charge >= 0.3 is 0 Å². The quantitative estimate of drug-likeness (QED) is 0.893. The van der Waals surface area contributed by atoms with Crippen LogP contribution in [0.5, 0.6) is 5.75 Å². The van der Waals surface area contributed by atoms with Crippen molar-refractivity contribution < 1.29 is 17.9 Å². The van der Waals surface area contributed by atoms with E-state index in [1.54, 1.807) is 31.2 Å². The van der Waals surface area contributed by atoms with E-state index in [1.807, 2.05) is 18.2 Å². The lowest BCUT2D eigenvalue weighted by Crippen LogP contribution is -2.34. The molecule has 0 spiro atoms. The van der Waals surface area contributed by atoms with E-state index in [2.05, 4.69) is 10.0 Å². The number of anilines is 2. The Hall–Kier alpha value is -2.80. The van der Waals surface area contributed by atoms with E-state index < -0.39 is 16.1 Å². The van der Waals surface area contributed by atoms with Crippen LogP contribution in [0.1, 0.15) is 12.5 Å². The molecule has 1 heterocycles. The molecule has 1 aliphatic heterocycles. The third-order valence-corrected chi connectivity index (χ3v) is 4.42. The van der Waals surface area contributed by atoms with E-state index in [0.717, 1.165) is 11.0 Å². The van der Waals surface area contributed by atoms with Crippen molar-refractivity contribution in [2.45, 2.75) is 13.0 Å². The molecule has 0 saturated heterocycles. The summed E-state index contributed by atoms with van der Waals surface area (Å²) in [4.78, 5) is 11.6. The average Bonchev–Trinajstić information content (AvgIpc) is 2.55. The largest absolute Gasteiger partial charge is 0.479 e. The molecule has 0 radical (unpaired) electrons. The summed E-state index contributed by atoms with van der Waals surface area (Å²) in [6.45, 7) is 1.64. The molecule has 2 N–H and O–H groups in total. The zero-order valence-electron chi connectivity index (χ0n) is 12.9. The molecule has 2 aromatic rings. The number of benzene rings is 2. The normalized spacial score (nSPS) is 17.0. The van der Waals surface area contributed by atoms with Gasteiger partial charge in [0.2, 0.25) is 0 Å². The monoisotopic (exact) mass is 344 g/mol. The van der Waals surface area contributed by atoms with Gasteiger partial charge in [0.25, 0.3) is 15.9 Å². The Kier molecular flexibility index (Phi) is 4.26. The van der Waals surface area contributed by atoms with Crippen LogP contribution in [0.25, 0.3) is 6.08 Å². The number of nitrogens with one attached hydrogen (secondary N) is 2. The SMILES string of the molecule is C[C@@H]1Oc2ccc(NS(=O)(=O)/C=C/c3ccccc3)cc2NC1=O. The summed E-state index contributed by atoms with van der Waals surface area (Å²) in [5.74, 6) is 0.233. The Bertz CT molecular complexity index is 892. The van der Waals surface area contributed by atoms with Crippen molar-refractivity contribution in [2.24, 2.45) is 0 Å². The molecule has 1 atom stereocenters. The van der Waals surface area contributed by atoms with Gasteiger partial charge in [-0.3, -0.25) is 9.52 Å². The third kappa shape index (κ3) is 3.75. The van der Waals surface area contributed by atoms with Gasteiger partial charge in [0.05, 0.1) is 16.8 Å². The molecule has 0 aliphatic carbocycles. The van der Waals surface area contributed by atoms with Crippen molar-refractivity contribution in [2.75, 3.05) is 10.0 Å². The second kappa shape index (κ2) is 6.37. The van der Waals surface area contributed by atoms with Gasteiger partial charge in [0, 0.05) is 0 Å². The molecule has 0 saturated carbocycles. The highest BCUT2D eigenvalue weighted by Gasteiger charge is 2.23. The molecule has 24 heavy (non-hydrogen) atoms. The number of carbonyl (C=O) groups is 1. The number of hydrogen-bond donors (Lipinski definition) is 2. The van der Waals surface area contributed by atoms with Crippen LogP contribution in [0.4, 0.5) is 11.4 Å². The molecule has 0 bridgehead atoms. The van der Waals surface area contributed by atoms with Gasteiger partial charge < -0.3 is 10.1 Å². The topological polar surface area (TPSA) is 84.5 Å². The van der Waals surface area contributed by atoms with E-state index in [9.17, 15) is 13.2 Å². The Labute approximate surface area is 140 Å². The summed E-state index contributed by atoms with van der Waals surface area (Å²) in [7, 11) is -3.67. The summed E-state index contributed by atoms with van der Waals surface area (Å²) in [5.41, 5.74) is 1.55. The molecule has 0 aromatic heterocycles. The molecule has 124 valence electrons. The van der Waals surface area contributed by atoms with Crippen LogP contribution in [0.3, 0.4) is 0 Å². The zero-order valence-corrected chi connectivity index (χ0v) is 13.7. The number of carbonyl (C=O) groups excluding carboxylic acids is 1. The van der Waals surface area contributed by atoms with Crippen molar-refractivity contribution in [1.82, 2.24) is 0 Å². The average molecular weight is 344 g/mol. The van der Waals surface area contributed by atoms with Crippen molar-refractivity contribution >= 4 is 33.4 Å². The lowest BCUT2D eigenvalue weighted by Gasteiger charge is -2.23. The summed E-state index contributed by atoms with van der Waals surface area (Å²) < 4.78 is 32.2. The second-order valence-electron chi connectivity index (χ2n) is 5.32. The highest BCUT2D eigenvalue weighted by atomic mass is 32.2. The van der Waals surface area contributed by atoms with E-state index >= 15 is 0 Å². The van der Waals surface area contributed by atoms with Crippen LogP contribution in [0, 0.1) is 0 Å². The van der Waals surface area contributed by atoms with Crippen molar-refractivity contribution in [1.29, 1.82) is 0 Å². The number of hydrogen-bond acceptors (Lipinski definition) is 4. The second-order valence-corrected chi connectivity index (χ2v) is 6.89. The fourth-order valence-electron chi connectivity index (χ4n) is 2.20. The van der Waals surface area contributed by atoms with Gasteiger partial charge in [-0.1, -0.05) is 30.3 Å². The van der Waals surface area contributed by atoms with Crippen LogP contribution in [0.15, 0.2) is 53.9 Å². The van der Waals surface area contributed by atoms with Gasteiger partial charge in [-0.15, -0.1) is 0 Å². The lowest BCUT2D eigenvalue weighted by molar-refractivity contribution is -0.122. The molecule has 6 nitrogen and oxygen atoms in total. The van der Waals surface area contributed by atoms with Crippen molar-refractivity contribution in [3.8, 4) is 5.75 Å². The summed E-state index contributed by atoms with van der Waals surface area (Å²) >= 11 is 0. The van der Waals surface area contributed by atoms with E-state index in [-0.39, 0.29) is 5.91 Å². The van der Waals surface area contributed by atoms with E-state index in [1.165, 1.54) is 12.1 Å². The van der Waals surface area contributed by atoms with Gasteiger partial charge in [0.15, 0.2) is 6.10 Å². The lowest BCUT2D eigenvalue weighted by atomic mass is 10.2. The van der Waals surface area contributed by atoms with Crippen molar-refractivity contribution in [3.63, 3.8) is 0 Å². The zero-order chi connectivity index (χ0) is 17.2. The first-order valence-electron chi connectivity index (χ1n) is 7.30. The maximum absolute atomic E-state index is 12.1. The minimum Gasteiger partial charge on any atom is -0.479 e. The van der Waals surface area contributed by atoms with E-state index in [0.29, 0.717) is 17.1 Å². The molecule has 1 aliphatic rings. The fraction of sp³-hybridized carbons (Fsp3) is 0.118. The highest BCUT2D eigenvalue weighted by molar-refractivity contribution is 7.95. The third-order valence-electron chi connectivity index (χ3n) is 3.41. The number of amides is 1. The fourth-order valence-corrected chi connectivity index (χ4v) is 3.06. The number of rotatable bonds is 4. The molecule has 0 unspecified atom stereocenters. The first-order valence-corrected chi connectivity index (χ1v) is 8.85. The Morgan fingerprint density at radius 2 is 1.92 bits per heavy atom. The van der Waals surface area contributed by atoms with Crippen LogP contribution >= 0.6 is 0 Å². The van der Waals surface area contributed by atoms with Gasteiger partial charge in [-0.2, -0.15) is 0 Å². The van der Waals surface area contributed by atoms with Gasteiger partial charge in [-0.25, -0.2) is 8.42 Å². The van der Waals surface area contributed by atoms with Crippen molar-refractivity contribution in [3.05, 3.63) is 59.5 Å². The molecule has 0 fully saturated rings. The first-order chi connectivity index (χ1) is 11.4. The van der Waals surface area contributed by atoms with E-state index in [4.69, 9.17) is 4.74 Å². The molecular formula is C17H16N2O4S. The molecule has 7 heteroatoms. The number of sulfonamides is 1. The molecule has 3 rings (SSSR count).